The van der Waals surface area contributed by atoms with E-state index in [1.165, 1.54) is 5.56 Å². The average molecular weight is 246 g/mol. The zero-order chi connectivity index (χ0) is 12.8. The van der Waals surface area contributed by atoms with Crippen LogP contribution in [0.25, 0.3) is 0 Å². The maximum absolute atomic E-state index is 5.56. The van der Waals surface area contributed by atoms with Gasteiger partial charge in [0, 0.05) is 32.2 Å². The van der Waals surface area contributed by atoms with Gasteiger partial charge in [-0.3, -0.25) is 4.90 Å². The molecule has 0 bridgehead atoms. The molecule has 0 spiro atoms. The summed E-state index contributed by atoms with van der Waals surface area (Å²) >= 11 is 0. The summed E-state index contributed by atoms with van der Waals surface area (Å²) < 4.78 is 5.56. The monoisotopic (exact) mass is 246 g/mol. The largest absolute Gasteiger partial charge is 0.490 e. The third kappa shape index (κ3) is 3.86. The molecule has 0 saturated carbocycles. The maximum Gasteiger partial charge on any atom is 0.120 e. The fraction of sp³-hybridized carbons (Fsp3) is 0.467. The summed E-state index contributed by atoms with van der Waals surface area (Å²) in [6.07, 6.45) is 1.77. The van der Waals surface area contributed by atoms with Crippen LogP contribution in [0.5, 0.6) is 5.75 Å². The van der Waals surface area contributed by atoms with Crippen molar-refractivity contribution in [2.24, 2.45) is 0 Å². The summed E-state index contributed by atoms with van der Waals surface area (Å²) in [4.78, 5) is 2.48. The van der Waals surface area contributed by atoms with Crippen LogP contribution in [-0.2, 0) is 6.54 Å². The van der Waals surface area contributed by atoms with E-state index in [2.05, 4.69) is 41.9 Å². The molecule has 1 aromatic carbocycles. The van der Waals surface area contributed by atoms with Gasteiger partial charge in [-0.2, -0.15) is 0 Å². The molecule has 1 N–H and O–H groups in total. The molecule has 2 rings (SSSR count). The van der Waals surface area contributed by atoms with E-state index in [0.29, 0.717) is 12.6 Å². The minimum Gasteiger partial charge on any atom is -0.490 e. The Kier molecular flexibility index (Phi) is 4.79. The van der Waals surface area contributed by atoms with Crippen molar-refractivity contribution < 1.29 is 4.74 Å². The molecule has 0 radical (unpaired) electrons. The number of nitrogens with zero attached hydrogens (tertiary/aromatic N) is 1. The Labute approximate surface area is 109 Å². The second kappa shape index (κ2) is 6.57. The SMILES string of the molecule is C=CCOc1cccc(CN2CCN[C@H](C)C2)c1. The quantitative estimate of drug-likeness (QED) is 0.805. The predicted molar refractivity (Wildman–Crippen MR) is 74.9 cm³/mol. The number of hydrogen-bond donors (Lipinski definition) is 1. The van der Waals surface area contributed by atoms with Gasteiger partial charge in [0.05, 0.1) is 0 Å². The number of nitrogens with one attached hydrogen (secondary N) is 1. The van der Waals surface area contributed by atoms with Gasteiger partial charge >= 0.3 is 0 Å². The summed E-state index contributed by atoms with van der Waals surface area (Å²) in [7, 11) is 0. The van der Waals surface area contributed by atoms with Crippen LogP contribution in [0.15, 0.2) is 36.9 Å². The first kappa shape index (κ1) is 13.1. The Morgan fingerprint density at radius 3 is 3.22 bits per heavy atom. The molecule has 1 aliphatic rings. The first-order valence-electron chi connectivity index (χ1n) is 6.56. The minimum atomic E-state index is 0.564. The van der Waals surface area contributed by atoms with E-state index < -0.39 is 0 Å². The molecule has 1 aliphatic heterocycles. The summed E-state index contributed by atoms with van der Waals surface area (Å²) in [5.41, 5.74) is 1.31. The lowest BCUT2D eigenvalue weighted by atomic mass is 10.1. The Balaban J connectivity index is 1.93. The van der Waals surface area contributed by atoms with Crippen LogP contribution in [0, 0.1) is 0 Å². The number of ether oxygens (including phenoxy) is 1. The zero-order valence-corrected chi connectivity index (χ0v) is 11.1. The van der Waals surface area contributed by atoms with Crippen molar-refractivity contribution in [3.8, 4) is 5.75 Å². The molecule has 3 nitrogen and oxygen atoms in total. The summed E-state index contributed by atoms with van der Waals surface area (Å²) in [5.74, 6) is 0.926. The van der Waals surface area contributed by atoms with Crippen molar-refractivity contribution in [3.63, 3.8) is 0 Å². The Bertz CT molecular complexity index is 392. The van der Waals surface area contributed by atoms with Crippen LogP contribution in [-0.4, -0.2) is 37.2 Å². The van der Waals surface area contributed by atoms with Crippen molar-refractivity contribution in [3.05, 3.63) is 42.5 Å². The normalized spacial score (nSPS) is 20.6. The fourth-order valence-corrected chi connectivity index (χ4v) is 2.30. The average Bonchev–Trinajstić information content (AvgIpc) is 2.37. The van der Waals surface area contributed by atoms with Gasteiger partial charge in [0.2, 0.25) is 0 Å². The van der Waals surface area contributed by atoms with Gasteiger partial charge in [-0.15, -0.1) is 0 Å². The molecule has 0 aromatic heterocycles. The van der Waals surface area contributed by atoms with Crippen LogP contribution >= 0.6 is 0 Å². The summed E-state index contributed by atoms with van der Waals surface area (Å²) in [6.45, 7) is 10.8. The predicted octanol–water partition coefficient (Wildman–Crippen LogP) is 2.05. The van der Waals surface area contributed by atoms with E-state index in [-0.39, 0.29) is 0 Å². The lowest BCUT2D eigenvalue weighted by Crippen LogP contribution is -2.48. The van der Waals surface area contributed by atoms with Gasteiger partial charge < -0.3 is 10.1 Å². The van der Waals surface area contributed by atoms with Gasteiger partial charge in [-0.1, -0.05) is 24.8 Å². The topological polar surface area (TPSA) is 24.5 Å². The van der Waals surface area contributed by atoms with Crippen molar-refractivity contribution in [1.82, 2.24) is 10.2 Å². The number of piperazine rings is 1. The molecule has 3 heteroatoms. The van der Waals surface area contributed by atoms with E-state index in [1.54, 1.807) is 6.08 Å². The lowest BCUT2D eigenvalue weighted by molar-refractivity contribution is 0.199. The number of hydrogen-bond acceptors (Lipinski definition) is 3. The molecular formula is C15H22N2O. The molecule has 1 atom stereocenters. The van der Waals surface area contributed by atoms with Crippen molar-refractivity contribution in [2.45, 2.75) is 19.5 Å². The second-order valence-electron chi connectivity index (χ2n) is 4.84. The van der Waals surface area contributed by atoms with E-state index in [0.717, 1.165) is 31.9 Å². The van der Waals surface area contributed by atoms with Crippen LogP contribution in [0.4, 0.5) is 0 Å². The van der Waals surface area contributed by atoms with Gasteiger partial charge in [0.15, 0.2) is 0 Å². The molecular weight excluding hydrogens is 224 g/mol. The lowest BCUT2D eigenvalue weighted by Gasteiger charge is -2.31. The van der Waals surface area contributed by atoms with Gasteiger partial charge in [0.25, 0.3) is 0 Å². The maximum atomic E-state index is 5.56. The van der Waals surface area contributed by atoms with E-state index in [1.807, 2.05) is 6.07 Å². The molecule has 1 aromatic rings. The van der Waals surface area contributed by atoms with Crippen LogP contribution < -0.4 is 10.1 Å². The highest BCUT2D eigenvalue weighted by atomic mass is 16.5. The molecule has 0 amide bonds. The van der Waals surface area contributed by atoms with Gasteiger partial charge in [-0.25, -0.2) is 0 Å². The third-order valence-corrected chi connectivity index (χ3v) is 3.13. The number of benzene rings is 1. The van der Waals surface area contributed by atoms with E-state index >= 15 is 0 Å². The smallest absolute Gasteiger partial charge is 0.120 e. The van der Waals surface area contributed by atoms with Crippen molar-refractivity contribution in [1.29, 1.82) is 0 Å². The van der Waals surface area contributed by atoms with Crippen molar-refractivity contribution >= 4 is 0 Å². The summed E-state index contributed by atoms with van der Waals surface area (Å²) in [5, 5.41) is 3.46. The molecule has 18 heavy (non-hydrogen) atoms. The first-order chi connectivity index (χ1) is 8.78. The van der Waals surface area contributed by atoms with Gasteiger partial charge in [-0.05, 0) is 24.6 Å². The molecule has 1 saturated heterocycles. The number of rotatable bonds is 5. The Morgan fingerprint density at radius 1 is 1.56 bits per heavy atom. The van der Waals surface area contributed by atoms with E-state index in [9.17, 15) is 0 Å². The van der Waals surface area contributed by atoms with E-state index in [4.69, 9.17) is 4.74 Å². The molecule has 1 fully saturated rings. The van der Waals surface area contributed by atoms with Crippen LogP contribution in [0.1, 0.15) is 12.5 Å². The highest BCUT2D eigenvalue weighted by Gasteiger charge is 2.15. The zero-order valence-electron chi connectivity index (χ0n) is 11.1. The standard InChI is InChI=1S/C15H22N2O/c1-3-9-18-15-6-4-5-14(10-15)12-17-8-7-16-13(2)11-17/h3-6,10,13,16H,1,7-9,11-12H2,2H3/t13-/m1/s1. The minimum absolute atomic E-state index is 0.564. The third-order valence-electron chi connectivity index (χ3n) is 3.13. The fourth-order valence-electron chi connectivity index (χ4n) is 2.30. The molecule has 98 valence electrons. The second-order valence-corrected chi connectivity index (χ2v) is 4.84. The Hall–Kier alpha value is -1.32. The highest BCUT2D eigenvalue weighted by molar-refractivity contribution is 5.28. The van der Waals surface area contributed by atoms with Crippen LogP contribution in [0.2, 0.25) is 0 Å². The molecule has 0 aliphatic carbocycles. The molecule has 0 unspecified atom stereocenters. The van der Waals surface area contributed by atoms with Crippen LogP contribution in [0.3, 0.4) is 0 Å². The van der Waals surface area contributed by atoms with Crippen molar-refractivity contribution in [2.75, 3.05) is 26.2 Å². The Morgan fingerprint density at radius 2 is 2.44 bits per heavy atom. The first-order valence-corrected chi connectivity index (χ1v) is 6.56. The summed E-state index contributed by atoms with van der Waals surface area (Å²) in [6, 6.07) is 8.91. The van der Waals surface area contributed by atoms with Gasteiger partial charge in [0.1, 0.15) is 12.4 Å². The molecule has 1 heterocycles. The highest BCUT2D eigenvalue weighted by Crippen LogP contribution is 2.15.